The van der Waals surface area contributed by atoms with E-state index in [0.717, 1.165) is 22.6 Å². The molecule has 7 heteroatoms. The summed E-state index contributed by atoms with van der Waals surface area (Å²) in [4.78, 5) is 11.9. The van der Waals surface area contributed by atoms with Gasteiger partial charge in [0, 0.05) is 16.7 Å². The molecular weight excluding hydrogens is 378 g/mol. The third-order valence-corrected chi connectivity index (χ3v) is 4.23. The Morgan fingerprint density at radius 3 is 2.39 bits per heavy atom. The monoisotopic (exact) mass is 397 g/mol. The maximum atomic E-state index is 11.9. The fourth-order valence-corrected chi connectivity index (χ4v) is 2.63. The molecule has 0 aliphatic heterocycles. The van der Waals surface area contributed by atoms with Crippen molar-refractivity contribution in [1.29, 1.82) is 0 Å². The summed E-state index contributed by atoms with van der Waals surface area (Å²) in [5, 5.41) is 11.7. The number of rotatable bonds is 8. The van der Waals surface area contributed by atoms with Gasteiger partial charge in [0.2, 0.25) is 11.8 Å². The van der Waals surface area contributed by atoms with E-state index in [2.05, 4.69) is 15.5 Å². The van der Waals surface area contributed by atoms with E-state index in [1.807, 2.05) is 42.5 Å². The first-order valence-corrected chi connectivity index (χ1v) is 9.14. The number of halogens is 1. The molecule has 1 amide bonds. The van der Waals surface area contributed by atoms with Crippen LogP contribution in [0, 0.1) is 0 Å². The summed E-state index contributed by atoms with van der Waals surface area (Å²) < 4.78 is 10.7. The molecule has 2 aromatic carbocycles. The zero-order chi connectivity index (χ0) is 19.8. The standard InChI is InChI=1S/C21H20ClN3O3/c1-27-18-8-4-16(5-9-18)19-10-11-21(25-24-19)28-13-12-23-20(26)14-15-2-6-17(22)7-3-15/h2-11H,12-14H2,1H3,(H,23,26). The fourth-order valence-electron chi connectivity index (χ4n) is 2.51. The smallest absolute Gasteiger partial charge is 0.233 e. The molecule has 144 valence electrons. The highest BCUT2D eigenvalue weighted by molar-refractivity contribution is 6.30. The lowest BCUT2D eigenvalue weighted by atomic mass is 10.1. The second kappa shape index (κ2) is 9.71. The van der Waals surface area contributed by atoms with E-state index in [0.29, 0.717) is 30.5 Å². The Bertz CT molecular complexity index is 898. The summed E-state index contributed by atoms with van der Waals surface area (Å²) in [6.07, 6.45) is 0.299. The lowest BCUT2D eigenvalue weighted by Gasteiger charge is -2.08. The Hall–Kier alpha value is -3.12. The van der Waals surface area contributed by atoms with Gasteiger partial charge in [-0.05, 0) is 48.0 Å². The SMILES string of the molecule is COc1ccc(-c2ccc(OCCNC(=O)Cc3ccc(Cl)cc3)nn2)cc1. The molecular formula is C21H20ClN3O3. The second-order valence-corrected chi connectivity index (χ2v) is 6.42. The number of benzene rings is 2. The molecule has 0 radical (unpaired) electrons. The number of carbonyl (C=O) groups excluding carboxylic acids is 1. The van der Waals surface area contributed by atoms with E-state index in [1.54, 1.807) is 25.3 Å². The Morgan fingerprint density at radius 2 is 1.75 bits per heavy atom. The van der Waals surface area contributed by atoms with Crippen molar-refractivity contribution in [3.8, 4) is 22.9 Å². The van der Waals surface area contributed by atoms with Gasteiger partial charge in [0.25, 0.3) is 0 Å². The predicted molar refractivity (Wildman–Crippen MR) is 108 cm³/mol. The van der Waals surface area contributed by atoms with Crippen LogP contribution in [0.4, 0.5) is 0 Å². The van der Waals surface area contributed by atoms with Gasteiger partial charge in [0.05, 0.1) is 25.8 Å². The first-order valence-electron chi connectivity index (χ1n) is 8.76. The highest BCUT2D eigenvalue weighted by Gasteiger charge is 2.05. The highest BCUT2D eigenvalue weighted by atomic mass is 35.5. The maximum Gasteiger partial charge on any atom is 0.233 e. The molecule has 3 aromatic rings. The summed E-state index contributed by atoms with van der Waals surface area (Å²) >= 11 is 5.83. The molecule has 3 rings (SSSR count). The van der Waals surface area contributed by atoms with Crippen LogP contribution in [0.25, 0.3) is 11.3 Å². The first-order chi connectivity index (χ1) is 13.6. The number of aromatic nitrogens is 2. The molecule has 6 nitrogen and oxygen atoms in total. The Labute approximate surface area is 168 Å². The normalized spacial score (nSPS) is 10.4. The number of carbonyl (C=O) groups is 1. The van der Waals surface area contributed by atoms with Crippen LogP contribution in [0.15, 0.2) is 60.7 Å². The molecule has 0 bridgehead atoms. The topological polar surface area (TPSA) is 73.3 Å². The number of nitrogens with zero attached hydrogens (tertiary/aromatic N) is 2. The summed E-state index contributed by atoms with van der Waals surface area (Å²) in [5.41, 5.74) is 2.59. The lowest BCUT2D eigenvalue weighted by molar-refractivity contribution is -0.120. The molecule has 0 saturated carbocycles. The van der Waals surface area contributed by atoms with Crippen molar-refractivity contribution >= 4 is 17.5 Å². The van der Waals surface area contributed by atoms with Gasteiger partial charge in [-0.1, -0.05) is 23.7 Å². The van der Waals surface area contributed by atoms with E-state index in [1.165, 1.54) is 0 Å². The minimum absolute atomic E-state index is 0.0770. The van der Waals surface area contributed by atoms with Crippen molar-refractivity contribution in [3.63, 3.8) is 0 Å². The molecule has 0 spiro atoms. The van der Waals surface area contributed by atoms with E-state index in [9.17, 15) is 4.79 Å². The van der Waals surface area contributed by atoms with Gasteiger partial charge in [-0.25, -0.2) is 0 Å². The van der Waals surface area contributed by atoms with Crippen molar-refractivity contribution in [2.45, 2.75) is 6.42 Å². The minimum Gasteiger partial charge on any atom is -0.497 e. The molecule has 1 aromatic heterocycles. The average molecular weight is 398 g/mol. The summed E-state index contributed by atoms with van der Waals surface area (Å²) in [6.45, 7) is 0.692. The quantitative estimate of drug-likeness (QED) is 0.588. The van der Waals surface area contributed by atoms with Crippen LogP contribution in [0.3, 0.4) is 0 Å². The molecule has 0 aliphatic rings. The number of nitrogens with one attached hydrogen (secondary N) is 1. The molecule has 1 heterocycles. The Balaban J connectivity index is 1.42. The summed E-state index contributed by atoms with van der Waals surface area (Å²) in [7, 11) is 1.63. The predicted octanol–water partition coefficient (Wildman–Crippen LogP) is 3.54. The fraction of sp³-hybridized carbons (Fsp3) is 0.190. The van der Waals surface area contributed by atoms with Crippen LogP contribution in [0.2, 0.25) is 5.02 Å². The number of ether oxygens (including phenoxy) is 2. The molecule has 28 heavy (non-hydrogen) atoms. The molecule has 0 atom stereocenters. The van der Waals surface area contributed by atoms with E-state index in [-0.39, 0.29) is 5.91 Å². The molecule has 0 saturated heterocycles. The van der Waals surface area contributed by atoms with Gasteiger partial charge in [-0.15, -0.1) is 10.2 Å². The van der Waals surface area contributed by atoms with Gasteiger partial charge in [-0.2, -0.15) is 0 Å². The van der Waals surface area contributed by atoms with Crippen LogP contribution in [0.5, 0.6) is 11.6 Å². The van der Waals surface area contributed by atoms with Gasteiger partial charge in [0.15, 0.2) is 0 Å². The zero-order valence-electron chi connectivity index (χ0n) is 15.4. The Kier molecular flexibility index (Phi) is 6.81. The Morgan fingerprint density at radius 1 is 1.00 bits per heavy atom. The third-order valence-electron chi connectivity index (χ3n) is 3.98. The van der Waals surface area contributed by atoms with Crippen LogP contribution < -0.4 is 14.8 Å². The number of hydrogen-bond donors (Lipinski definition) is 1. The zero-order valence-corrected chi connectivity index (χ0v) is 16.1. The summed E-state index contributed by atoms with van der Waals surface area (Å²) in [5.74, 6) is 1.12. The van der Waals surface area contributed by atoms with Crippen molar-refractivity contribution in [3.05, 3.63) is 71.2 Å². The van der Waals surface area contributed by atoms with Crippen molar-refractivity contribution in [2.24, 2.45) is 0 Å². The van der Waals surface area contributed by atoms with Crippen LogP contribution in [-0.2, 0) is 11.2 Å². The minimum atomic E-state index is -0.0770. The van der Waals surface area contributed by atoms with Crippen molar-refractivity contribution in [1.82, 2.24) is 15.5 Å². The van der Waals surface area contributed by atoms with Crippen molar-refractivity contribution < 1.29 is 14.3 Å². The van der Waals surface area contributed by atoms with Crippen LogP contribution >= 0.6 is 11.6 Å². The lowest BCUT2D eigenvalue weighted by Crippen LogP contribution is -2.29. The molecule has 0 unspecified atom stereocenters. The highest BCUT2D eigenvalue weighted by Crippen LogP contribution is 2.21. The van der Waals surface area contributed by atoms with E-state index in [4.69, 9.17) is 21.1 Å². The second-order valence-electron chi connectivity index (χ2n) is 5.99. The van der Waals surface area contributed by atoms with Crippen LogP contribution in [0.1, 0.15) is 5.56 Å². The number of amides is 1. The van der Waals surface area contributed by atoms with Gasteiger partial charge >= 0.3 is 0 Å². The number of methoxy groups -OCH3 is 1. The third kappa shape index (κ3) is 5.69. The maximum absolute atomic E-state index is 11.9. The van der Waals surface area contributed by atoms with Gasteiger partial charge < -0.3 is 14.8 Å². The molecule has 0 aliphatic carbocycles. The number of hydrogen-bond acceptors (Lipinski definition) is 5. The molecule has 1 N–H and O–H groups in total. The largest absolute Gasteiger partial charge is 0.497 e. The van der Waals surface area contributed by atoms with Crippen LogP contribution in [-0.4, -0.2) is 36.4 Å². The van der Waals surface area contributed by atoms with Crippen molar-refractivity contribution in [2.75, 3.05) is 20.3 Å². The average Bonchev–Trinajstić information content (AvgIpc) is 2.73. The van der Waals surface area contributed by atoms with Gasteiger partial charge in [0.1, 0.15) is 12.4 Å². The molecule has 0 fully saturated rings. The van der Waals surface area contributed by atoms with E-state index >= 15 is 0 Å². The summed E-state index contributed by atoms with van der Waals surface area (Å²) in [6, 6.07) is 18.4. The van der Waals surface area contributed by atoms with Gasteiger partial charge in [-0.3, -0.25) is 4.79 Å². The first kappa shape index (κ1) is 19.6. The van der Waals surface area contributed by atoms with E-state index < -0.39 is 0 Å².